The van der Waals surface area contributed by atoms with Crippen LogP contribution in [-0.2, 0) is 0 Å². The van der Waals surface area contributed by atoms with Crippen molar-refractivity contribution in [2.45, 2.75) is 26.7 Å². The van der Waals surface area contributed by atoms with Crippen molar-refractivity contribution >= 4 is 23.1 Å². The van der Waals surface area contributed by atoms with Gasteiger partial charge in [-0.2, -0.15) is 10.1 Å². The summed E-state index contributed by atoms with van der Waals surface area (Å²) in [7, 11) is 1.64. The molecule has 1 heterocycles. The lowest BCUT2D eigenvalue weighted by molar-refractivity contribution is 0.416. The van der Waals surface area contributed by atoms with E-state index in [0.29, 0.717) is 17.7 Å². The minimum Gasteiger partial charge on any atom is -0.495 e. The fraction of sp³-hybridized carbons (Fsp3) is 0.250. The molecule has 134 valence electrons. The molecule has 0 aliphatic rings. The molecule has 6 heteroatoms. The fourth-order valence-corrected chi connectivity index (χ4v) is 2.71. The van der Waals surface area contributed by atoms with Gasteiger partial charge in [-0.1, -0.05) is 38.1 Å². The van der Waals surface area contributed by atoms with Crippen molar-refractivity contribution in [3.8, 4) is 5.75 Å². The van der Waals surface area contributed by atoms with Gasteiger partial charge in [0.15, 0.2) is 5.82 Å². The van der Waals surface area contributed by atoms with Crippen LogP contribution in [0, 0.1) is 6.92 Å². The summed E-state index contributed by atoms with van der Waals surface area (Å²) in [5, 5.41) is 14.7. The summed E-state index contributed by atoms with van der Waals surface area (Å²) in [6.45, 7) is 6.34. The molecule has 0 bridgehead atoms. The molecule has 6 nitrogen and oxygen atoms in total. The second-order valence-corrected chi connectivity index (χ2v) is 6.36. The highest BCUT2D eigenvalue weighted by atomic mass is 16.5. The van der Waals surface area contributed by atoms with Gasteiger partial charge >= 0.3 is 0 Å². The minimum atomic E-state index is 0.393. The molecule has 0 fully saturated rings. The highest BCUT2D eigenvalue weighted by Gasteiger charge is 2.09. The van der Waals surface area contributed by atoms with Crippen LogP contribution in [0.25, 0.3) is 0 Å². The van der Waals surface area contributed by atoms with Crippen molar-refractivity contribution in [2.75, 3.05) is 17.7 Å². The summed E-state index contributed by atoms with van der Waals surface area (Å²) in [6.07, 6.45) is 1.58. The molecular weight excluding hydrogens is 326 g/mol. The molecule has 3 rings (SSSR count). The number of nitrogens with zero attached hydrogens (tertiary/aromatic N) is 3. The van der Waals surface area contributed by atoms with E-state index in [4.69, 9.17) is 4.74 Å². The maximum Gasteiger partial charge on any atom is 0.249 e. The molecule has 0 amide bonds. The van der Waals surface area contributed by atoms with Crippen LogP contribution in [0.3, 0.4) is 0 Å². The van der Waals surface area contributed by atoms with Gasteiger partial charge in [0.25, 0.3) is 0 Å². The number of hydrogen-bond acceptors (Lipinski definition) is 6. The average molecular weight is 349 g/mol. The maximum atomic E-state index is 5.40. The zero-order valence-corrected chi connectivity index (χ0v) is 15.4. The van der Waals surface area contributed by atoms with Crippen LogP contribution in [0.1, 0.15) is 30.9 Å². The van der Waals surface area contributed by atoms with Gasteiger partial charge in [0.2, 0.25) is 5.95 Å². The molecule has 2 aromatic carbocycles. The third-order valence-corrected chi connectivity index (χ3v) is 4.01. The molecule has 0 aliphatic carbocycles. The first kappa shape index (κ1) is 17.7. The fourth-order valence-electron chi connectivity index (χ4n) is 2.71. The van der Waals surface area contributed by atoms with Crippen molar-refractivity contribution in [3.63, 3.8) is 0 Å². The first-order valence-corrected chi connectivity index (χ1v) is 8.54. The Hall–Kier alpha value is -3.15. The van der Waals surface area contributed by atoms with Crippen molar-refractivity contribution in [2.24, 2.45) is 0 Å². The lowest BCUT2D eigenvalue weighted by atomic mass is 10.0. The van der Waals surface area contributed by atoms with Crippen LogP contribution < -0.4 is 15.4 Å². The van der Waals surface area contributed by atoms with Crippen molar-refractivity contribution < 1.29 is 4.74 Å². The van der Waals surface area contributed by atoms with Crippen LogP contribution in [0.15, 0.2) is 48.7 Å². The Morgan fingerprint density at radius 3 is 2.58 bits per heavy atom. The molecule has 0 unspecified atom stereocenters. The molecule has 0 aliphatic heterocycles. The Labute approximate surface area is 153 Å². The molecule has 1 aromatic heterocycles. The first-order valence-electron chi connectivity index (χ1n) is 8.54. The highest BCUT2D eigenvalue weighted by Crippen LogP contribution is 2.29. The number of anilines is 4. The van der Waals surface area contributed by atoms with Crippen LogP contribution in [0.2, 0.25) is 0 Å². The van der Waals surface area contributed by atoms with E-state index in [-0.39, 0.29) is 0 Å². The number of ether oxygens (including phenoxy) is 1. The lowest BCUT2D eigenvalue weighted by Gasteiger charge is -2.14. The van der Waals surface area contributed by atoms with Gasteiger partial charge in [-0.15, -0.1) is 5.10 Å². The van der Waals surface area contributed by atoms with Crippen molar-refractivity contribution in [1.82, 2.24) is 15.2 Å². The Morgan fingerprint density at radius 1 is 1.00 bits per heavy atom. The Kier molecular flexibility index (Phi) is 5.31. The van der Waals surface area contributed by atoms with E-state index >= 15 is 0 Å². The molecule has 0 spiro atoms. The quantitative estimate of drug-likeness (QED) is 0.666. The number of methoxy groups -OCH3 is 1. The Morgan fingerprint density at radius 2 is 1.81 bits per heavy atom. The number of aryl methyl sites for hydroxylation is 1. The molecule has 0 atom stereocenters. The second-order valence-electron chi connectivity index (χ2n) is 6.36. The first-order chi connectivity index (χ1) is 12.6. The summed E-state index contributed by atoms with van der Waals surface area (Å²) >= 11 is 0. The largest absolute Gasteiger partial charge is 0.495 e. The van der Waals surface area contributed by atoms with E-state index in [1.54, 1.807) is 13.3 Å². The zero-order chi connectivity index (χ0) is 18.5. The minimum absolute atomic E-state index is 0.393. The monoisotopic (exact) mass is 349 g/mol. The molecule has 2 N–H and O–H groups in total. The number of aromatic nitrogens is 3. The predicted octanol–water partition coefficient (Wildman–Crippen LogP) is 4.80. The lowest BCUT2D eigenvalue weighted by Crippen LogP contribution is -2.05. The van der Waals surface area contributed by atoms with Crippen LogP contribution >= 0.6 is 0 Å². The van der Waals surface area contributed by atoms with E-state index in [1.165, 1.54) is 5.56 Å². The summed E-state index contributed by atoms with van der Waals surface area (Å²) < 4.78 is 5.40. The van der Waals surface area contributed by atoms with Gasteiger partial charge in [0, 0.05) is 5.69 Å². The number of hydrogen-bond donors (Lipinski definition) is 2. The van der Waals surface area contributed by atoms with E-state index < -0.39 is 0 Å². The average Bonchev–Trinajstić information content (AvgIpc) is 2.62. The van der Waals surface area contributed by atoms with Crippen LogP contribution in [0.5, 0.6) is 5.75 Å². The summed E-state index contributed by atoms with van der Waals surface area (Å²) in [5.41, 5.74) is 4.14. The third kappa shape index (κ3) is 4.08. The van der Waals surface area contributed by atoms with Crippen LogP contribution in [-0.4, -0.2) is 22.3 Å². The summed E-state index contributed by atoms with van der Waals surface area (Å²) in [4.78, 5) is 4.52. The van der Waals surface area contributed by atoms with Crippen LogP contribution in [0.4, 0.5) is 23.1 Å². The van der Waals surface area contributed by atoms with Gasteiger partial charge < -0.3 is 15.4 Å². The topological polar surface area (TPSA) is 72.0 Å². The van der Waals surface area contributed by atoms with E-state index in [2.05, 4.69) is 45.7 Å². The predicted molar refractivity (Wildman–Crippen MR) is 105 cm³/mol. The van der Waals surface area contributed by atoms with E-state index in [0.717, 1.165) is 22.7 Å². The molecule has 3 aromatic rings. The summed E-state index contributed by atoms with van der Waals surface area (Å²) in [6, 6.07) is 14.1. The number of rotatable bonds is 6. The van der Waals surface area contributed by atoms with Gasteiger partial charge in [0.1, 0.15) is 5.75 Å². The number of para-hydroxylation sites is 1. The third-order valence-electron chi connectivity index (χ3n) is 4.01. The van der Waals surface area contributed by atoms with Gasteiger partial charge in [-0.25, -0.2) is 0 Å². The summed E-state index contributed by atoms with van der Waals surface area (Å²) in [5.74, 6) is 2.17. The molecule has 0 radical (unpaired) electrons. The van der Waals surface area contributed by atoms with Crippen molar-refractivity contribution in [1.29, 1.82) is 0 Å². The molecule has 0 saturated carbocycles. The van der Waals surface area contributed by atoms with E-state index in [1.807, 2.05) is 43.3 Å². The van der Waals surface area contributed by atoms with Gasteiger partial charge in [-0.3, -0.25) is 0 Å². The van der Waals surface area contributed by atoms with Crippen molar-refractivity contribution in [3.05, 3.63) is 59.8 Å². The normalized spacial score (nSPS) is 10.7. The second kappa shape index (κ2) is 7.82. The number of benzene rings is 2. The van der Waals surface area contributed by atoms with Gasteiger partial charge in [0.05, 0.1) is 19.0 Å². The maximum absolute atomic E-state index is 5.40. The zero-order valence-electron chi connectivity index (χ0n) is 15.4. The van der Waals surface area contributed by atoms with E-state index in [9.17, 15) is 0 Å². The SMILES string of the molecule is COc1ccc(C)cc1Nc1cnnc(Nc2ccccc2C(C)C)n1. The highest BCUT2D eigenvalue weighted by molar-refractivity contribution is 5.66. The molecule has 0 saturated heterocycles. The smallest absolute Gasteiger partial charge is 0.249 e. The Balaban J connectivity index is 1.85. The number of nitrogens with one attached hydrogen (secondary N) is 2. The molecule has 26 heavy (non-hydrogen) atoms. The molecular formula is C20H23N5O. The van der Waals surface area contributed by atoms with Gasteiger partial charge in [-0.05, 0) is 42.2 Å². The standard InChI is InChI=1S/C20H23N5O/c1-13(2)15-7-5-6-8-16(15)23-20-24-19(12-21-25-20)22-17-11-14(3)9-10-18(17)26-4/h5-13H,1-4H3,(H2,22,23,24,25). The Bertz CT molecular complexity index is 895.